The summed E-state index contributed by atoms with van der Waals surface area (Å²) in [5.41, 5.74) is 2.78. The van der Waals surface area contributed by atoms with Crippen LogP contribution < -0.4 is 14.9 Å². The molecule has 1 aliphatic rings. The molecule has 9 nitrogen and oxygen atoms in total. The van der Waals surface area contributed by atoms with E-state index in [1.165, 1.54) is 16.4 Å². The average molecular weight is 521 g/mol. The van der Waals surface area contributed by atoms with Gasteiger partial charge in [-0.15, -0.1) is 0 Å². The maximum atomic E-state index is 13.0. The molecule has 0 saturated carbocycles. The summed E-state index contributed by atoms with van der Waals surface area (Å²) in [6, 6.07) is 14.2. The molecule has 1 saturated heterocycles. The van der Waals surface area contributed by atoms with Gasteiger partial charge >= 0.3 is 0 Å². The molecule has 1 aliphatic heterocycles. The summed E-state index contributed by atoms with van der Waals surface area (Å²) in [6.07, 6.45) is 0.709. The van der Waals surface area contributed by atoms with Crippen molar-refractivity contribution in [3.05, 3.63) is 71.6 Å². The van der Waals surface area contributed by atoms with Gasteiger partial charge in [0.2, 0.25) is 26.0 Å². The van der Waals surface area contributed by atoms with E-state index < -0.39 is 20.0 Å². The minimum absolute atomic E-state index is 0.110. The van der Waals surface area contributed by atoms with Crippen molar-refractivity contribution < 1.29 is 21.6 Å². The van der Waals surface area contributed by atoms with E-state index in [-0.39, 0.29) is 36.2 Å². The molecule has 0 radical (unpaired) electrons. The Labute approximate surface area is 207 Å². The van der Waals surface area contributed by atoms with E-state index in [1.54, 1.807) is 12.1 Å². The van der Waals surface area contributed by atoms with E-state index >= 15 is 0 Å². The summed E-state index contributed by atoms with van der Waals surface area (Å²) >= 11 is 0. The molecule has 190 valence electrons. The third kappa shape index (κ3) is 7.38. The normalized spacial score (nSPS) is 16.7. The molecule has 0 aliphatic carbocycles. The van der Waals surface area contributed by atoms with Crippen molar-refractivity contribution >= 4 is 31.6 Å². The lowest BCUT2D eigenvalue weighted by molar-refractivity contribution is -0.120. The number of rotatable bonds is 11. The zero-order chi connectivity index (χ0) is 25.6. The van der Waals surface area contributed by atoms with Crippen molar-refractivity contribution in [2.75, 3.05) is 38.6 Å². The monoisotopic (exact) mass is 520 g/mol. The Morgan fingerprint density at radius 3 is 2.29 bits per heavy atom. The minimum Gasteiger partial charge on any atom is -0.378 e. The Bertz CT molecular complexity index is 1240. The second-order valence-electron chi connectivity index (χ2n) is 8.74. The quantitative estimate of drug-likeness (QED) is 0.466. The Balaban J connectivity index is 1.52. The Kier molecular flexibility index (Phi) is 8.70. The number of nitrogens with one attached hydrogen (secondary N) is 2. The van der Waals surface area contributed by atoms with Crippen LogP contribution in [0, 0.1) is 5.92 Å². The zero-order valence-electron chi connectivity index (χ0n) is 20.0. The highest BCUT2D eigenvalue weighted by molar-refractivity contribution is 7.92. The van der Waals surface area contributed by atoms with Gasteiger partial charge in [0.15, 0.2) is 0 Å². The van der Waals surface area contributed by atoms with Crippen molar-refractivity contribution in [1.82, 2.24) is 14.3 Å². The van der Waals surface area contributed by atoms with Gasteiger partial charge in [0.05, 0.1) is 11.3 Å². The number of hydrogen-bond acceptors (Lipinski definition) is 6. The highest BCUT2D eigenvalue weighted by atomic mass is 32.2. The fourth-order valence-corrected chi connectivity index (χ4v) is 5.88. The summed E-state index contributed by atoms with van der Waals surface area (Å²) in [4.78, 5) is 14.5. The van der Waals surface area contributed by atoms with Gasteiger partial charge in [-0.25, -0.2) is 21.6 Å². The molecule has 0 bridgehead atoms. The molecule has 2 aromatic rings. The first-order chi connectivity index (χ1) is 16.5. The smallest absolute Gasteiger partial charge is 0.243 e. The van der Waals surface area contributed by atoms with Crippen LogP contribution in [0.4, 0.5) is 5.69 Å². The second kappa shape index (κ2) is 11.3. The predicted octanol–water partition coefficient (Wildman–Crippen LogP) is 1.69. The van der Waals surface area contributed by atoms with Crippen LogP contribution in [0.5, 0.6) is 0 Å². The summed E-state index contributed by atoms with van der Waals surface area (Å²) in [5.74, 6) is -0.261. The highest BCUT2D eigenvalue weighted by Crippen LogP contribution is 2.24. The number of hydrogen-bond donors (Lipinski definition) is 2. The number of sulfonamides is 2. The number of anilines is 1. The lowest BCUT2D eigenvalue weighted by Gasteiger charge is -2.17. The van der Waals surface area contributed by atoms with Gasteiger partial charge in [-0.3, -0.25) is 4.79 Å². The fraction of sp³-hybridized carbons (Fsp3) is 0.375. The molecule has 1 fully saturated rings. The first-order valence-electron chi connectivity index (χ1n) is 11.2. The predicted molar refractivity (Wildman–Crippen MR) is 137 cm³/mol. The fourth-order valence-electron chi connectivity index (χ4n) is 3.76. The van der Waals surface area contributed by atoms with Gasteiger partial charge < -0.3 is 10.2 Å². The van der Waals surface area contributed by atoms with Crippen LogP contribution in [-0.4, -0.2) is 60.8 Å². The Morgan fingerprint density at radius 2 is 1.69 bits per heavy atom. The highest BCUT2D eigenvalue weighted by Gasteiger charge is 2.32. The van der Waals surface area contributed by atoms with E-state index in [0.717, 1.165) is 16.7 Å². The van der Waals surface area contributed by atoms with E-state index in [2.05, 4.69) is 16.6 Å². The summed E-state index contributed by atoms with van der Waals surface area (Å²) in [5, 5.41) is 3.72. The molecular formula is C24H32N4O5S2. The molecule has 11 heteroatoms. The maximum Gasteiger partial charge on any atom is 0.243 e. The third-order valence-corrected chi connectivity index (χ3v) is 8.80. The summed E-state index contributed by atoms with van der Waals surface area (Å²) < 4.78 is 52.8. The molecule has 1 amide bonds. The van der Waals surface area contributed by atoms with E-state index in [9.17, 15) is 21.6 Å². The first-order valence-corrected chi connectivity index (χ1v) is 14.2. The molecule has 2 aromatic carbocycles. The van der Waals surface area contributed by atoms with Crippen molar-refractivity contribution in [2.45, 2.75) is 24.3 Å². The number of carbonyl (C=O) groups is 1. The largest absolute Gasteiger partial charge is 0.378 e. The van der Waals surface area contributed by atoms with Gasteiger partial charge in [0.25, 0.3) is 0 Å². The number of nitrogens with zero attached hydrogens (tertiary/aromatic N) is 2. The molecule has 2 N–H and O–H groups in total. The summed E-state index contributed by atoms with van der Waals surface area (Å²) in [7, 11) is -3.31. The van der Waals surface area contributed by atoms with Gasteiger partial charge in [-0.1, -0.05) is 30.8 Å². The molecule has 1 atom stereocenters. The van der Waals surface area contributed by atoms with Crippen LogP contribution in [0.1, 0.15) is 17.5 Å². The van der Waals surface area contributed by atoms with Gasteiger partial charge in [0, 0.05) is 51.4 Å². The molecule has 1 unspecified atom stereocenters. The molecule has 0 aromatic heterocycles. The van der Waals surface area contributed by atoms with E-state index in [0.29, 0.717) is 25.1 Å². The Morgan fingerprint density at radius 1 is 1.06 bits per heavy atom. The summed E-state index contributed by atoms with van der Waals surface area (Å²) in [6.45, 7) is 4.38. The lowest BCUT2D eigenvalue weighted by Crippen LogP contribution is -2.32. The molecule has 35 heavy (non-hydrogen) atoms. The second-order valence-corrected chi connectivity index (χ2v) is 12.4. The SMILES string of the molecule is C=CS(=O)(=O)NCC1CCN(S(=O)(=O)c2ccc(CC(=O)NCc3ccc(N(C)C)cc3)cc2)C1. The van der Waals surface area contributed by atoms with Crippen LogP contribution in [0.15, 0.2) is 65.4 Å². The van der Waals surface area contributed by atoms with Gasteiger partial charge in [-0.2, -0.15) is 4.31 Å². The first kappa shape index (κ1) is 26.9. The number of carbonyl (C=O) groups excluding carboxylic acids is 1. The standard InChI is InChI=1S/C24H32N4O5S2/c1-4-34(30,31)26-17-21-13-14-28(18-21)35(32,33)23-11-7-19(8-12-23)15-24(29)25-16-20-5-9-22(10-6-20)27(2)3/h4-12,21,26H,1,13-18H2,2-3H3,(H,25,29). The maximum absolute atomic E-state index is 13.0. The topological polar surface area (TPSA) is 116 Å². The Hall–Kier alpha value is -2.73. The van der Waals surface area contributed by atoms with Crippen molar-refractivity contribution in [2.24, 2.45) is 5.92 Å². The number of benzene rings is 2. The zero-order valence-corrected chi connectivity index (χ0v) is 21.6. The van der Waals surface area contributed by atoms with Crippen molar-refractivity contribution in [3.8, 4) is 0 Å². The van der Waals surface area contributed by atoms with Crippen LogP contribution in [0.25, 0.3) is 0 Å². The van der Waals surface area contributed by atoms with Crippen LogP contribution in [-0.2, 0) is 37.8 Å². The van der Waals surface area contributed by atoms with Gasteiger partial charge in [0.1, 0.15) is 0 Å². The van der Waals surface area contributed by atoms with Crippen molar-refractivity contribution in [3.63, 3.8) is 0 Å². The van der Waals surface area contributed by atoms with Crippen LogP contribution in [0.2, 0.25) is 0 Å². The molecule has 0 spiro atoms. The molecule has 3 rings (SSSR count). The van der Waals surface area contributed by atoms with Crippen LogP contribution in [0.3, 0.4) is 0 Å². The third-order valence-electron chi connectivity index (χ3n) is 5.91. The average Bonchev–Trinajstić information content (AvgIpc) is 3.32. The molecule has 1 heterocycles. The van der Waals surface area contributed by atoms with Gasteiger partial charge in [-0.05, 0) is 47.7 Å². The van der Waals surface area contributed by atoms with E-state index in [1.807, 2.05) is 43.3 Å². The van der Waals surface area contributed by atoms with E-state index in [4.69, 9.17) is 0 Å². The van der Waals surface area contributed by atoms with Crippen LogP contribution >= 0.6 is 0 Å². The van der Waals surface area contributed by atoms with Crippen molar-refractivity contribution in [1.29, 1.82) is 0 Å². The minimum atomic E-state index is -3.70. The number of amides is 1. The molecular weight excluding hydrogens is 488 g/mol. The lowest BCUT2D eigenvalue weighted by atomic mass is 10.1.